The molecule has 3 aromatic rings. The lowest BCUT2D eigenvalue weighted by atomic mass is 10.4. The van der Waals surface area contributed by atoms with Crippen LogP contribution in [0, 0.1) is 0 Å². The van der Waals surface area contributed by atoms with Gasteiger partial charge >= 0.3 is 0 Å². The third kappa shape index (κ3) is 2.25. The lowest BCUT2D eigenvalue weighted by Gasteiger charge is -2.20. The largest absolute Gasteiger partial charge is 0.548 e. The topological polar surface area (TPSA) is 82.7 Å². The summed E-state index contributed by atoms with van der Waals surface area (Å²) in [6.45, 7) is 2.23. The highest BCUT2D eigenvalue weighted by atomic mass is 32.1. The molecule has 0 spiro atoms. The molecule has 0 aromatic carbocycles. The Bertz CT molecular complexity index is 908. The quantitative estimate of drug-likeness (QED) is 0.676. The number of hydrogen-bond acceptors (Lipinski definition) is 6. The Morgan fingerprint density at radius 1 is 1.45 bits per heavy atom. The van der Waals surface area contributed by atoms with Crippen molar-refractivity contribution in [3.63, 3.8) is 0 Å². The van der Waals surface area contributed by atoms with E-state index >= 15 is 0 Å². The molecule has 116 valence electrons. The first-order valence-corrected chi connectivity index (χ1v) is 7.81. The summed E-state index contributed by atoms with van der Waals surface area (Å²) < 4.78 is 3.71. The minimum Gasteiger partial charge on any atom is -0.548 e. The summed E-state index contributed by atoms with van der Waals surface area (Å²) in [5, 5.41) is 17.0. The average molecular weight is 319 g/mol. The highest BCUT2D eigenvalue weighted by Crippen LogP contribution is 2.26. The van der Waals surface area contributed by atoms with Crippen LogP contribution in [0.15, 0.2) is 22.3 Å². The Morgan fingerprint density at radius 2 is 2.23 bits per heavy atom. The number of carboxylic acids is 1. The highest BCUT2D eigenvalue weighted by Gasteiger charge is 2.17. The molecule has 8 heteroatoms. The zero-order valence-electron chi connectivity index (χ0n) is 12.3. The van der Waals surface area contributed by atoms with Crippen molar-refractivity contribution in [2.75, 3.05) is 18.5 Å². The van der Waals surface area contributed by atoms with E-state index in [0.29, 0.717) is 11.5 Å². The molecule has 0 N–H and O–H groups in total. The lowest BCUT2D eigenvalue weighted by molar-refractivity contribution is -0.306. The molecule has 3 heterocycles. The Labute approximate surface area is 130 Å². The molecule has 0 unspecified atom stereocenters. The molecule has 0 aliphatic carbocycles. The Morgan fingerprint density at radius 3 is 2.91 bits per heavy atom. The Balaban J connectivity index is 2.34. The van der Waals surface area contributed by atoms with Crippen LogP contribution in [0.5, 0.6) is 0 Å². The highest BCUT2D eigenvalue weighted by molar-refractivity contribution is 7.17. The van der Waals surface area contributed by atoms with E-state index in [0.717, 1.165) is 27.9 Å². The van der Waals surface area contributed by atoms with Gasteiger partial charge in [-0.3, -0.25) is 9.20 Å². The van der Waals surface area contributed by atoms with Gasteiger partial charge in [0.1, 0.15) is 5.52 Å². The zero-order chi connectivity index (χ0) is 15.9. The van der Waals surface area contributed by atoms with Gasteiger partial charge in [0.25, 0.3) is 5.56 Å². The second-order valence-corrected chi connectivity index (χ2v) is 6.04. The zero-order valence-corrected chi connectivity index (χ0v) is 13.1. The van der Waals surface area contributed by atoms with Gasteiger partial charge in [0.2, 0.25) is 5.95 Å². The fraction of sp³-hybridized carbons (Fsp3) is 0.357. The minimum absolute atomic E-state index is 0.427. The summed E-state index contributed by atoms with van der Waals surface area (Å²) in [5.41, 5.74) is 0.903. The van der Waals surface area contributed by atoms with Crippen LogP contribution < -0.4 is 15.6 Å². The van der Waals surface area contributed by atoms with Crippen molar-refractivity contribution in [2.24, 2.45) is 0 Å². The summed E-state index contributed by atoms with van der Waals surface area (Å²) in [7, 11) is 1.87. The molecule has 0 aliphatic heterocycles. The van der Waals surface area contributed by atoms with Crippen LogP contribution >= 0.6 is 11.3 Å². The van der Waals surface area contributed by atoms with E-state index in [1.807, 2.05) is 30.3 Å². The first-order valence-electron chi connectivity index (χ1n) is 6.93. The van der Waals surface area contributed by atoms with Crippen molar-refractivity contribution in [1.82, 2.24) is 14.2 Å². The summed E-state index contributed by atoms with van der Waals surface area (Å²) in [6, 6.07) is 3.71. The van der Waals surface area contributed by atoms with E-state index in [1.165, 1.54) is 11.3 Å². The van der Waals surface area contributed by atoms with Gasteiger partial charge in [0, 0.05) is 13.6 Å². The summed E-state index contributed by atoms with van der Waals surface area (Å²) in [6.07, 6.45) is 0.910. The second kappa shape index (κ2) is 5.45. The summed E-state index contributed by atoms with van der Waals surface area (Å²) in [4.78, 5) is 25.2. The third-order valence-corrected chi connectivity index (χ3v) is 4.32. The standard InChI is InChI=1S/C14H16N4O3S/c1-3-5-16(2)14-15-17(8-12(19)20)13(21)10-7-11-9(18(10)14)4-6-22-11/h4,6-7H,3,5,8H2,1-2H3,(H,19,20)/p-1. The van der Waals surface area contributed by atoms with Crippen LogP contribution in [0.25, 0.3) is 15.7 Å². The van der Waals surface area contributed by atoms with Crippen molar-refractivity contribution < 1.29 is 9.90 Å². The number of hydrogen-bond donors (Lipinski definition) is 0. The Kier molecular flexibility index (Phi) is 3.61. The molecule has 0 saturated heterocycles. The molecule has 0 aliphatic rings. The van der Waals surface area contributed by atoms with Crippen molar-refractivity contribution in [2.45, 2.75) is 19.9 Å². The van der Waals surface area contributed by atoms with Crippen molar-refractivity contribution in [1.29, 1.82) is 0 Å². The normalized spacial score (nSPS) is 11.4. The van der Waals surface area contributed by atoms with Crippen LogP contribution in [0.1, 0.15) is 13.3 Å². The number of anilines is 1. The van der Waals surface area contributed by atoms with Gasteiger partial charge in [-0.05, 0) is 23.9 Å². The van der Waals surface area contributed by atoms with Gasteiger partial charge in [-0.2, -0.15) is 0 Å². The SMILES string of the molecule is CCCN(C)c1nn(CC(=O)[O-])c(=O)c2cc3sccc3n12. The van der Waals surface area contributed by atoms with Crippen LogP contribution in [0.3, 0.4) is 0 Å². The van der Waals surface area contributed by atoms with E-state index in [9.17, 15) is 14.7 Å². The van der Waals surface area contributed by atoms with Crippen molar-refractivity contribution >= 4 is 39.0 Å². The number of aromatic nitrogens is 3. The van der Waals surface area contributed by atoms with Crippen LogP contribution in [0.4, 0.5) is 5.95 Å². The summed E-state index contributed by atoms with van der Waals surface area (Å²) in [5.74, 6) is -0.789. The molecule has 0 fully saturated rings. The molecule has 0 radical (unpaired) electrons. The van der Waals surface area contributed by atoms with Crippen molar-refractivity contribution in [3.8, 4) is 0 Å². The molecule has 22 heavy (non-hydrogen) atoms. The van der Waals surface area contributed by atoms with Crippen LogP contribution in [-0.2, 0) is 11.3 Å². The number of aliphatic carboxylic acids is 1. The Hall–Kier alpha value is -2.35. The van der Waals surface area contributed by atoms with Gasteiger partial charge in [-0.15, -0.1) is 16.4 Å². The number of rotatable bonds is 5. The van der Waals surface area contributed by atoms with Crippen LogP contribution in [0.2, 0.25) is 0 Å². The fourth-order valence-corrected chi connectivity index (χ4v) is 3.34. The van der Waals surface area contributed by atoms with Gasteiger partial charge < -0.3 is 14.8 Å². The number of carboxylic acid groups (broad SMARTS) is 1. The first-order chi connectivity index (χ1) is 10.5. The van der Waals surface area contributed by atoms with E-state index in [1.54, 1.807) is 10.5 Å². The maximum absolute atomic E-state index is 12.4. The molecule has 0 atom stereocenters. The monoisotopic (exact) mass is 319 g/mol. The van der Waals surface area contributed by atoms with Gasteiger partial charge in [0.05, 0.1) is 22.7 Å². The fourth-order valence-electron chi connectivity index (χ4n) is 2.54. The van der Waals surface area contributed by atoms with Crippen molar-refractivity contribution in [3.05, 3.63) is 27.9 Å². The molecule has 0 amide bonds. The number of thiophene rings is 1. The molecule has 3 rings (SSSR count). The van der Waals surface area contributed by atoms with Gasteiger partial charge in [-0.25, -0.2) is 4.68 Å². The second-order valence-electron chi connectivity index (χ2n) is 5.09. The molecule has 0 saturated carbocycles. The smallest absolute Gasteiger partial charge is 0.291 e. The van der Waals surface area contributed by atoms with E-state index in [-0.39, 0.29) is 0 Å². The van der Waals surface area contributed by atoms with E-state index in [4.69, 9.17) is 0 Å². The van der Waals surface area contributed by atoms with Gasteiger partial charge in [-0.1, -0.05) is 6.92 Å². The van der Waals surface area contributed by atoms with Gasteiger partial charge in [0.15, 0.2) is 0 Å². The predicted octanol–water partition coefficient (Wildman–Crippen LogP) is 0.307. The minimum atomic E-state index is -1.34. The van der Waals surface area contributed by atoms with Crippen LogP contribution in [-0.4, -0.2) is 33.7 Å². The molecular weight excluding hydrogens is 304 g/mol. The number of nitrogens with zero attached hydrogens (tertiary/aromatic N) is 4. The lowest BCUT2D eigenvalue weighted by Crippen LogP contribution is -2.36. The number of carbonyl (C=O) groups is 1. The number of fused-ring (bicyclic) bond motifs is 3. The van der Waals surface area contributed by atoms with E-state index < -0.39 is 18.1 Å². The predicted molar refractivity (Wildman–Crippen MR) is 83.4 cm³/mol. The average Bonchev–Trinajstić information content (AvgIpc) is 3.02. The molecule has 0 bridgehead atoms. The number of carbonyl (C=O) groups excluding carboxylic acids is 1. The molecular formula is C14H15N4O3S-. The molecule has 7 nitrogen and oxygen atoms in total. The third-order valence-electron chi connectivity index (χ3n) is 3.47. The first kappa shape index (κ1) is 14.6. The molecule has 3 aromatic heterocycles. The maximum atomic E-state index is 12.4. The summed E-state index contributed by atoms with van der Waals surface area (Å²) >= 11 is 1.53. The van der Waals surface area contributed by atoms with E-state index in [2.05, 4.69) is 5.10 Å². The maximum Gasteiger partial charge on any atom is 0.291 e.